The Bertz CT molecular complexity index is 802. The number of benzene rings is 1. The Morgan fingerprint density at radius 1 is 1.09 bits per heavy atom. The smallest absolute Gasteiger partial charge is 0.256 e. The third-order valence-electron chi connectivity index (χ3n) is 4.94. The van der Waals surface area contributed by atoms with Crippen LogP contribution >= 0.6 is 0 Å². The van der Waals surface area contributed by atoms with E-state index in [0.29, 0.717) is 0 Å². The van der Waals surface area contributed by atoms with Crippen molar-refractivity contribution in [1.82, 2.24) is 4.57 Å². The predicted molar refractivity (Wildman–Crippen MR) is 95.1 cm³/mol. The molecule has 23 heavy (non-hydrogen) atoms. The molecule has 1 heterocycles. The monoisotopic (exact) mass is 310 g/mol. The lowest BCUT2D eigenvalue weighted by molar-refractivity contribution is 0.546. The first-order chi connectivity index (χ1) is 10.9. The highest BCUT2D eigenvalue weighted by atomic mass is 16.1. The van der Waals surface area contributed by atoms with Crippen molar-refractivity contribution in [2.75, 3.05) is 0 Å². The van der Waals surface area contributed by atoms with Crippen LogP contribution in [0.4, 0.5) is 0 Å². The van der Waals surface area contributed by atoms with Gasteiger partial charge in [0.1, 0.15) is 0 Å². The summed E-state index contributed by atoms with van der Waals surface area (Å²) in [5.74, 6) is 0. The molecule has 1 aliphatic carbocycles. The van der Waals surface area contributed by atoms with Crippen LogP contribution < -0.4 is 11.3 Å². The highest BCUT2D eigenvalue weighted by molar-refractivity contribution is 5.41. The van der Waals surface area contributed by atoms with Gasteiger partial charge in [-0.2, -0.15) is 0 Å². The normalized spacial score (nSPS) is 15.0. The molecule has 1 aromatic heterocycles. The van der Waals surface area contributed by atoms with Crippen LogP contribution in [0, 0.1) is 13.8 Å². The maximum Gasteiger partial charge on any atom is 0.256 e. The molecule has 1 atom stereocenters. The van der Waals surface area contributed by atoms with Gasteiger partial charge in [0.15, 0.2) is 0 Å². The Morgan fingerprint density at radius 3 is 2.52 bits per heavy atom. The van der Waals surface area contributed by atoms with Crippen molar-refractivity contribution in [3.8, 4) is 0 Å². The van der Waals surface area contributed by atoms with E-state index in [1.54, 1.807) is 0 Å². The van der Waals surface area contributed by atoms with Crippen LogP contribution in [0.25, 0.3) is 0 Å². The van der Waals surface area contributed by atoms with Gasteiger partial charge in [-0.25, -0.2) is 0 Å². The molecule has 0 aliphatic heterocycles. The fraction of sp³-hybridized carbons (Fsp3) is 0.450. The van der Waals surface area contributed by atoms with Gasteiger partial charge in [-0.1, -0.05) is 23.8 Å². The molecule has 2 N–H and O–H groups in total. The van der Waals surface area contributed by atoms with E-state index >= 15 is 0 Å². The van der Waals surface area contributed by atoms with Gasteiger partial charge in [-0.15, -0.1) is 0 Å². The SMILES string of the molecule is Cc1ccc(C)c(C(N)c2cc3c(n(C(C)C)c2=O)CCC3)c1. The van der Waals surface area contributed by atoms with E-state index in [9.17, 15) is 4.79 Å². The van der Waals surface area contributed by atoms with Gasteiger partial charge >= 0.3 is 0 Å². The second kappa shape index (κ2) is 5.97. The third kappa shape index (κ3) is 2.74. The number of hydrogen-bond donors (Lipinski definition) is 1. The summed E-state index contributed by atoms with van der Waals surface area (Å²) < 4.78 is 1.96. The van der Waals surface area contributed by atoms with Gasteiger partial charge < -0.3 is 10.3 Å². The zero-order chi connectivity index (χ0) is 16.7. The average molecular weight is 310 g/mol. The van der Waals surface area contributed by atoms with Gasteiger partial charge in [0.25, 0.3) is 5.56 Å². The lowest BCUT2D eigenvalue weighted by Crippen LogP contribution is -2.32. The van der Waals surface area contributed by atoms with Crippen molar-refractivity contribution in [2.24, 2.45) is 5.73 Å². The summed E-state index contributed by atoms with van der Waals surface area (Å²) in [5, 5.41) is 0. The van der Waals surface area contributed by atoms with E-state index in [1.807, 2.05) is 4.57 Å². The molecule has 1 aliphatic rings. The first-order valence-electron chi connectivity index (χ1n) is 8.50. The summed E-state index contributed by atoms with van der Waals surface area (Å²) in [7, 11) is 0. The Labute approximate surface area is 138 Å². The van der Waals surface area contributed by atoms with Crippen molar-refractivity contribution in [3.63, 3.8) is 0 Å². The summed E-state index contributed by atoms with van der Waals surface area (Å²) in [6, 6.07) is 8.14. The molecule has 3 heteroatoms. The summed E-state index contributed by atoms with van der Waals surface area (Å²) in [6.45, 7) is 8.27. The van der Waals surface area contributed by atoms with E-state index in [1.165, 1.54) is 16.8 Å². The van der Waals surface area contributed by atoms with Crippen LogP contribution in [0.2, 0.25) is 0 Å². The number of hydrogen-bond acceptors (Lipinski definition) is 2. The van der Waals surface area contributed by atoms with Crippen molar-refractivity contribution >= 4 is 0 Å². The Balaban J connectivity index is 2.19. The molecular formula is C20H26N2O. The largest absolute Gasteiger partial charge is 0.320 e. The first kappa shape index (κ1) is 16.0. The van der Waals surface area contributed by atoms with Crippen molar-refractivity contribution in [2.45, 2.75) is 59.0 Å². The van der Waals surface area contributed by atoms with Gasteiger partial charge in [0.2, 0.25) is 0 Å². The standard InChI is InChI=1S/C20H26N2O/c1-12(2)22-18-7-5-6-15(18)11-17(20(22)23)19(21)16-10-13(3)8-9-14(16)4/h8-12,19H,5-7,21H2,1-4H3. The molecule has 0 saturated heterocycles. The number of rotatable bonds is 3. The Hall–Kier alpha value is -1.87. The molecule has 3 nitrogen and oxygen atoms in total. The highest BCUT2D eigenvalue weighted by Gasteiger charge is 2.24. The number of nitrogens with zero attached hydrogens (tertiary/aromatic N) is 1. The average Bonchev–Trinajstić information content (AvgIpc) is 2.95. The zero-order valence-corrected chi connectivity index (χ0v) is 14.5. The maximum atomic E-state index is 13.1. The van der Waals surface area contributed by atoms with Crippen LogP contribution in [-0.2, 0) is 12.8 Å². The van der Waals surface area contributed by atoms with Crippen LogP contribution in [0.5, 0.6) is 0 Å². The van der Waals surface area contributed by atoms with Crippen molar-refractivity contribution in [3.05, 3.63) is 68.1 Å². The summed E-state index contributed by atoms with van der Waals surface area (Å²) in [6.07, 6.45) is 3.18. The molecule has 0 radical (unpaired) electrons. The first-order valence-corrected chi connectivity index (χ1v) is 8.50. The minimum atomic E-state index is -0.363. The van der Waals surface area contributed by atoms with Crippen LogP contribution in [0.15, 0.2) is 29.1 Å². The Kier molecular flexibility index (Phi) is 4.15. The highest BCUT2D eigenvalue weighted by Crippen LogP contribution is 2.28. The van der Waals surface area contributed by atoms with Crippen molar-refractivity contribution < 1.29 is 0 Å². The van der Waals surface area contributed by atoms with E-state index in [2.05, 4.69) is 52.0 Å². The van der Waals surface area contributed by atoms with Crippen LogP contribution in [-0.4, -0.2) is 4.57 Å². The van der Waals surface area contributed by atoms with E-state index in [-0.39, 0.29) is 17.6 Å². The van der Waals surface area contributed by atoms with Gasteiger partial charge in [-0.3, -0.25) is 4.79 Å². The number of aromatic nitrogens is 1. The van der Waals surface area contributed by atoms with E-state index in [0.717, 1.165) is 36.0 Å². The van der Waals surface area contributed by atoms with Gasteiger partial charge in [-0.05, 0) is 69.7 Å². The fourth-order valence-corrected chi connectivity index (χ4v) is 3.72. The molecule has 1 aromatic carbocycles. The molecule has 122 valence electrons. The molecular weight excluding hydrogens is 284 g/mol. The summed E-state index contributed by atoms with van der Waals surface area (Å²) in [5.41, 5.74) is 13.2. The Morgan fingerprint density at radius 2 is 1.83 bits per heavy atom. The lowest BCUT2D eigenvalue weighted by atomic mass is 9.93. The summed E-state index contributed by atoms with van der Waals surface area (Å²) in [4.78, 5) is 13.1. The van der Waals surface area contributed by atoms with Crippen LogP contribution in [0.3, 0.4) is 0 Å². The summed E-state index contributed by atoms with van der Waals surface area (Å²) >= 11 is 0. The lowest BCUT2D eigenvalue weighted by Gasteiger charge is -2.21. The number of pyridine rings is 1. The maximum absolute atomic E-state index is 13.1. The fourth-order valence-electron chi connectivity index (χ4n) is 3.72. The molecule has 0 bridgehead atoms. The second-order valence-corrected chi connectivity index (χ2v) is 7.03. The number of nitrogens with two attached hydrogens (primary N) is 1. The quantitative estimate of drug-likeness (QED) is 0.942. The molecule has 3 rings (SSSR count). The van der Waals surface area contributed by atoms with E-state index in [4.69, 9.17) is 5.73 Å². The molecule has 1 unspecified atom stereocenters. The predicted octanol–water partition coefficient (Wildman–Crippen LogP) is 3.58. The minimum Gasteiger partial charge on any atom is -0.320 e. The molecule has 2 aromatic rings. The number of aryl methyl sites for hydroxylation is 3. The molecule has 0 fully saturated rings. The van der Waals surface area contributed by atoms with Crippen molar-refractivity contribution in [1.29, 1.82) is 0 Å². The number of fused-ring (bicyclic) bond motifs is 1. The minimum absolute atomic E-state index is 0.0778. The van der Waals surface area contributed by atoms with Gasteiger partial charge in [0.05, 0.1) is 6.04 Å². The molecule has 0 amide bonds. The second-order valence-electron chi connectivity index (χ2n) is 7.03. The topological polar surface area (TPSA) is 48.0 Å². The van der Waals surface area contributed by atoms with E-state index < -0.39 is 0 Å². The molecule has 0 saturated carbocycles. The molecule has 0 spiro atoms. The third-order valence-corrected chi connectivity index (χ3v) is 4.94. The zero-order valence-electron chi connectivity index (χ0n) is 14.5. The van der Waals surface area contributed by atoms with Gasteiger partial charge in [0, 0.05) is 17.3 Å². The van der Waals surface area contributed by atoms with Crippen LogP contribution in [0.1, 0.15) is 65.9 Å².